The van der Waals surface area contributed by atoms with Gasteiger partial charge in [-0.05, 0) is 37.6 Å². The van der Waals surface area contributed by atoms with Crippen LogP contribution < -0.4 is 5.32 Å². The van der Waals surface area contributed by atoms with Crippen LogP contribution in [0.25, 0.3) is 0 Å². The van der Waals surface area contributed by atoms with Crippen molar-refractivity contribution >= 4 is 0 Å². The van der Waals surface area contributed by atoms with Gasteiger partial charge in [0.15, 0.2) is 11.6 Å². The van der Waals surface area contributed by atoms with E-state index < -0.39 is 23.3 Å². The summed E-state index contributed by atoms with van der Waals surface area (Å²) in [7, 11) is 0. The molecule has 0 aliphatic rings. The summed E-state index contributed by atoms with van der Waals surface area (Å²) < 4.78 is 65.0. The number of nitrogens with one attached hydrogen (secondary N) is 1. The Hall–Kier alpha value is -1.17. The largest absolute Gasteiger partial charge is 0.410 e. The molecule has 1 N–H and O–H groups in total. The standard InChI is InChI=1S/C12H14F5N/c1-3-6-18-11(2,12(15,16)17)8-4-5-9(13)10(14)7-8/h4-5,7,18H,3,6H2,1-2H3. The van der Waals surface area contributed by atoms with Gasteiger partial charge in [-0.15, -0.1) is 0 Å². The van der Waals surface area contributed by atoms with E-state index in [9.17, 15) is 22.0 Å². The minimum Gasteiger partial charge on any atom is -0.300 e. The van der Waals surface area contributed by atoms with Gasteiger partial charge in [0.2, 0.25) is 0 Å². The molecule has 18 heavy (non-hydrogen) atoms. The Bertz CT molecular complexity index is 415. The molecule has 1 rings (SSSR count). The molecule has 102 valence electrons. The molecule has 1 unspecified atom stereocenters. The average Bonchev–Trinajstić information content (AvgIpc) is 2.28. The van der Waals surface area contributed by atoms with Crippen LogP contribution in [0.4, 0.5) is 22.0 Å². The van der Waals surface area contributed by atoms with E-state index in [2.05, 4.69) is 5.32 Å². The van der Waals surface area contributed by atoms with Gasteiger partial charge in [-0.2, -0.15) is 13.2 Å². The Labute approximate surface area is 102 Å². The van der Waals surface area contributed by atoms with Gasteiger partial charge in [0, 0.05) is 0 Å². The quantitative estimate of drug-likeness (QED) is 0.819. The van der Waals surface area contributed by atoms with Crippen LogP contribution in [-0.2, 0) is 5.54 Å². The van der Waals surface area contributed by atoms with Gasteiger partial charge in [-0.1, -0.05) is 13.0 Å². The third-order valence-corrected chi connectivity index (χ3v) is 2.79. The molecule has 0 bridgehead atoms. The lowest BCUT2D eigenvalue weighted by atomic mass is 9.91. The smallest absolute Gasteiger partial charge is 0.300 e. The Morgan fingerprint density at radius 2 is 1.72 bits per heavy atom. The normalized spacial score (nSPS) is 15.5. The molecule has 0 heterocycles. The van der Waals surface area contributed by atoms with Gasteiger partial charge >= 0.3 is 6.18 Å². The third-order valence-electron chi connectivity index (χ3n) is 2.79. The Kier molecular flexibility index (Phi) is 4.32. The van der Waals surface area contributed by atoms with Crippen molar-refractivity contribution in [2.45, 2.75) is 32.0 Å². The molecule has 1 atom stereocenters. The lowest BCUT2D eigenvalue weighted by Crippen LogP contribution is -2.51. The predicted octanol–water partition coefficient (Wildman–Crippen LogP) is 3.74. The molecule has 1 aromatic rings. The van der Waals surface area contributed by atoms with Gasteiger partial charge in [-0.3, -0.25) is 0 Å². The first kappa shape index (κ1) is 14.9. The summed E-state index contributed by atoms with van der Waals surface area (Å²) in [6.45, 7) is 2.75. The maximum atomic E-state index is 13.1. The summed E-state index contributed by atoms with van der Waals surface area (Å²) in [5.74, 6) is -2.46. The van der Waals surface area contributed by atoms with Crippen LogP contribution in [0, 0.1) is 11.6 Å². The van der Waals surface area contributed by atoms with E-state index in [1.807, 2.05) is 0 Å². The summed E-state index contributed by atoms with van der Waals surface area (Å²) in [5.41, 5.74) is -2.74. The molecule has 0 aromatic heterocycles. The summed E-state index contributed by atoms with van der Waals surface area (Å²) in [6, 6.07) is 2.21. The van der Waals surface area contributed by atoms with Crippen LogP contribution in [0.2, 0.25) is 0 Å². The SMILES string of the molecule is CCCNC(C)(c1ccc(F)c(F)c1)C(F)(F)F. The summed E-state index contributed by atoms with van der Waals surface area (Å²) >= 11 is 0. The zero-order chi connectivity index (χ0) is 14.0. The van der Waals surface area contributed by atoms with E-state index in [1.165, 1.54) is 0 Å². The van der Waals surface area contributed by atoms with Crippen molar-refractivity contribution in [3.05, 3.63) is 35.4 Å². The van der Waals surface area contributed by atoms with Crippen molar-refractivity contribution in [1.82, 2.24) is 5.32 Å². The van der Waals surface area contributed by atoms with E-state index in [0.29, 0.717) is 18.6 Å². The monoisotopic (exact) mass is 267 g/mol. The summed E-state index contributed by atoms with van der Waals surface area (Å²) in [5, 5.41) is 2.33. The fourth-order valence-electron chi connectivity index (χ4n) is 1.55. The molecule has 1 aromatic carbocycles. The zero-order valence-corrected chi connectivity index (χ0v) is 10.0. The molecule has 6 heteroatoms. The van der Waals surface area contributed by atoms with E-state index in [4.69, 9.17) is 0 Å². The van der Waals surface area contributed by atoms with Crippen LogP contribution in [-0.4, -0.2) is 12.7 Å². The van der Waals surface area contributed by atoms with Crippen molar-refractivity contribution in [2.75, 3.05) is 6.54 Å². The first-order chi connectivity index (χ1) is 8.22. The van der Waals surface area contributed by atoms with Gasteiger partial charge < -0.3 is 5.32 Å². The summed E-state index contributed by atoms with van der Waals surface area (Å²) in [6.07, 6.45) is -4.11. The molecule has 0 aliphatic heterocycles. The number of rotatable bonds is 4. The van der Waals surface area contributed by atoms with Gasteiger partial charge in [0.05, 0.1) is 0 Å². The zero-order valence-electron chi connectivity index (χ0n) is 10.0. The van der Waals surface area contributed by atoms with Crippen molar-refractivity contribution < 1.29 is 22.0 Å². The Balaban J connectivity index is 3.21. The van der Waals surface area contributed by atoms with Crippen LogP contribution in [0.1, 0.15) is 25.8 Å². The first-order valence-corrected chi connectivity index (χ1v) is 5.49. The van der Waals surface area contributed by atoms with Crippen molar-refractivity contribution in [2.24, 2.45) is 0 Å². The number of hydrogen-bond donors (Lipinski definition) is 1. The van der Waals surface area contributed by atoms with E-state index in [0.717, 1.165) is 13.0 Å². The van der Waals surface area contributed by atoms with Crippen LogP contribution in [0.15, 0.2) is 18.2 Å². The topological polar surface area (TPSA) is 12.0 Å². The molecule has 0 saturated carbocycles. The molecule has 0 amide bonds. The number of alkyl halides is 3. The first-order valence-electron chi connectivity index (χ1n) is 5.49. The van der Waals surface area contributed by atoms with Gasteiger partial charge in [0.1, 0.15) is 5.54 Å². The molecule has 1 nitrogen and oxygen atoms in total. The van der Waals surface area contributed by atoms with E-state index >= 15 is 0 Å². The molecular formula is C12H14F5N. The summed E-state index contributed by atoms with van der Waals surface area (Å²) in [4.78, 5) is 0. The number of benzene rings is 1. The maximum absolute atomic E-state index is 13.1. The molecule has 0 aliphatic carbocycles. The Morgan fingerprint density at radius 3 is 2.17 bits per heavy atom. The Morgan fingerprint density at radius 1 is 1.11 bits per heavy atom. The minimum absolute atomic E-state index is 0.120. The second-order valence-corrected chi connectivity index (χ2v) is 4.18. The predicted molar refractivity (Wildman–Crippen MR) is 58.1 cm³/mol. The fraction of sp³-hybridized carbons (Fsp3) is 0.500. The highest BCUT2D eigenvalue weighted by atomic mass is 19.4. The molecule has 0 radical (unpaired) electrons. The number of halogens is 5. The molecule has 0 spiro atoms. The van der Waals surface area contributed by atoms with E-state index in [-0.39, 0.29) is 12.1 Å². The molecule has 0 fully saturated rings. The maximum Gasteiger partial charge on any atom is 0.410 e. The van der Waals surface area contributed by atoms with Crippen LogP contribution in [0.3, 0.4) is 0 Å². The highest BCUT2D eigenvalue weighted by Crippen LogP contribution is 2.38. The number of hydrogen-bond acceptors (Lipinski definition) is 1. The van der Waals surface area contributed by atoms with Crippen LogP contribution in [0.5, 0.6) is 0 Å². The van der Waals surface area contributed by atoms with Crippen molar-refractivity contribution in [3.63, 3.8) is 0 Å². The van der Waals surface area contributed by atoms with E-state index in [1.54, 1.807) is 6.92 Å². The van der Waals surface area contributed by atoms with Gasteiger partial charge in [0.25, 0.3) is 0 Å². The second kappa shape index (κ2) is 5.22. The highest BCUT2D eigenvalue weighted by Gasteiger charge is 2.52. The van der Waals surface area contributed by atoms with Crippen LogP contribution >= 0.6 is 0 Å². The average molecular weight is 267 g/mol. The fourth-order valence-corrected chi connectivity index (χ4v) is 1.55. The van der Waals surface area contributed by atoms with Gasteiger partial charge in [-0.25, -0.2) is 8.78 Å². The lowest BCUT2D eigenvalue weighted by molar-refractivity contribution is -0.195. The third kappa shape index (κ3) is 2.80. The highest BCUT2D eigenvalue weighted by molar-refractivity contribution is 5.27. The molecule has 0 saturated heterocycles. The second-order valence-electron chi connectivity index (χ2n) is 4.18. The van der Waals surface area contributed by atoms with Crippen molar-refractivity contribution in [3.8, 4) is 0 Å². The minimum atomic E-state index is -4.60. The lowest BCUT2D eigenvalue weighted by Gasteiger charge is -2.33. The molecular weight excluding hydrogens is 253 g/mol. The van der Waals surface area contributed by atoms with Crippen molar-refractivity contribution in [1.29, 1.82) is 0 Å².